The van der Waals surface area contributed by atoms with Crippen LogP contribution in [-0.4, -0.2) is 43.2 Å². The SMILES string of the molecule is COc1ccc(CN(C)C(=O)C2CCNCC2)cc1O. The summed E-state index contributed by atoms with van der Waals surface area (Å²) in [6, 6.07) is 5.23. The fourth-order valence-corrected chi connectivity index (χ4v) is 2.57. The highest BCUT2D eigenvalue weighted by molar-refractivity contribution is 5.78. The van der Waals surface area contributed by atoms with Crippen molar-refractivity contribution in [1.29, 1.82) is 0 Å². The normalized spacial score (nSPS) is 15.9. The second kappa shape index (κ2) is 6.61. The number of benzene rings is 1. The van der Waals surface area contributed by atoms with E-state index in [4.69, 9.17) is 4.74 Å². The quantitative estimate of drug-likeness (QED) is 0.873. The summed E-state index contributed by atoms with van der Waals surface area (Å²) in [6.07, 6.45) is 1.80. The van der Waals surface area contributed by atoms with Crippen LogP contribution in [0.2, 0.25) is 0 Å². The summed E-state index contributed by atoms with van der Waals surface area (Å²) >= 11 is 0. The molecule has 5 nitrogen and oxygen atoms in total. The first kappa shape index (κ1) is 14.7. The van der Waals surface area contributed by atoms with E-state index in [0.29, 0.717) is 12.3 Å². The number of methoxy groups -OCH3 is 1. The number of ether oxygens (including phenoxy) is 1. The number of hydrogen-bond donors (Lipinski definition) is 2. The molecule has 1 heterocycles. The predicted octanol–water partition coefficient (Wildman–Crippen LogP) is 1.36. The van der Waals surface area contributed by atoms with Crippen LogP contribution in [0.25, 0.3) is 0 Å². The average molecular weight is 278 g/mol. The molecule has 1 saturated heterocycles. The number of phenolic OH excluding ortho intramolecular Hbond substituents is 1. The molecule has 1 aliphatic rings. The number of rotatable bonds is 4. The zero-order valence-electron chi connectivity index (χ0n) is 12.1. The Hall–Kier alpha value is -1.75. The molecule has 0 bridgehead atoms. The first-order valence-electron chi connectivity index (χ1n) is 6.93. The van der Waals surface area contributed by atoms with Crippen LogP contribution in [0, 0.1) is 5.92 Å². The van der Waals surface area contributed by atoms with Gasteiger partial charge in [-0.15, -0.1) is 0 Å². The van der Waals surface area contributed by atoms with Crippen LogP contribution in [0.1, 0.15) is 18.4 Å². The Morgan fingerprint density at radius 2 is 2.15 bits per heavy atom. The number of phenols is 1. The molecule has 1 fully saturated rings. The van der Waals surface area contributed by atoms with Crippen molar-refractivity contribution in [2.45, 2.75) is 19.4 Å². The van der Waals surface area contributed by atoms with E-state index in [1.165, 1.54) is 7.11 Å². The largest absolute Gasteiger partial charge is 0.504 e. The van der Waals surface area contributed by atoms with Crippen LogP contribution >= 0.6 is 0 Å². The zero-order valence-corrected chi connectivity index (χ0v) is 12.1. The highest BCUT2D eigenvalue weighted by Gasteiger charge is 2.23. The minimum absolute atomic E-state index is 0.104. The maximum absolute atomic E-state index is 12.3. The van der Waals surface area contributed by atoms with Crippen LogP contribution in [-0.2, 0) is 11.3 Å². The van der Waals surface area contributed by atoms with Crippen LogP contribution < -0.4 is 10.1 Å². The third-order valence-electron chi connectivity index (χ3n) is 3.73. The summed E-state index contributed by atoms with van der Waals surface area (Å²) in [6.45, 7) is 2.32. The monoisotopic (exact) mass is 278 g/mol. The number of carbonyl (C=O) groups excluding carboxylic acids is 1. The molecule has 1 aromatic carbocycles. The van der Waals surface area contributed by atoms with Crippen molar-refractivity contribution in [3.8, 4) is 11.5 Å². The molecule has 20 heavy (non-hydrogen) atoms. The van der Waals surface area contributed by atoms with Crippen molar-refractivity contribution in [1.82, 2.24) is 10.2 Å². The van der Waals surface area contributed by atoms with Gasteiger partial charge in [-0.1, -0.05) is 6.07 Å². The minimum atomic E-state index is 0.104. The Morgan fingerprint density at radius 3 is 2.75 bits per heavy atom. The van der Waals surface area contributed by atoms with Gasteiger partial charge in [0.2, 0.25) is 5.91 Å². The van der Waals surface area contributed by atoms with E-state index in [0.717, 1.165) is 31.5 Å². The smallest absolute Gasteiger partial charge is 0.225 e. The summed E-state index contributed by atoms with van der Waals surface area (Å²) < 4.78 is 5.01. The molecule has 0 aromatic heterocycles. The van der Waals surface area contributed by atoms with E-state index in [-0.39, 0.29) is 17.6 Å². The van der Waals surface area contributed by atoms with Crippen molar-refractivity contribution in [2.24, 2.45) is 5.92 Å². The molecule has 0 saturated carbocycles. The first-order chi connectivity index (χ1) is 9.61. The van der Waals surface area contributed by atoms with E-state index in [9.17, 15) is 9.90 Å². The van der Waals surface area contributed by atoms with Gasteiger partial charge in [0.15, 0.2) is 11.5 Å². The minimum Gasteiger partial charge on any atom is -0.504 e. The average Bonchev–Trinajstić information content (AvgIpc) is 2.47. The Balaban J connectivity index is 1.98. The molecule has 110 valence electrons. The number of hydrogen-bond acceptors (Lipinski definition) is 4. The second-order valence-corrected chi connectivity index (χ2v) is 5.22. The third-order valence-corrected chi connectivity index (χ3v) is 3.73. The van der Waals surface area contributed by atoms with Crippen molar-refractivity contribution in [2.75, 3.05) is 27.2 Å². The predicted molar refractivity (Wildman–Crippen MR) is 76.7 cm³/mol. The van der Waals surface area contributed by atoms with Gasteiger partial charge in [0, 0.05) is 19.5 Å². The number of nitrogens with zero attached hydrogens (tertiary/aromatic N) is 1. The van der Waals surface area contributed by atoms with Gasteiger partial charge in [-0.05, 0) is 43.6 Å². The molecule has 2 rings (SSSR count). The molecule has 0 aliphatic carbocycles. The highest BCUT2D eigenvalue weighted by atomic mass is 16.5. The van der Waals surface area contributed by atoms with Gasteiger partial charge >= 0.3 is 0 Å². The number of carbonyl (C=O) groups is 1. The van der Waals surface area contributed by atoms with Crippen LogP contribution in [0.3, 0.4) is 0 Å². The Kier molecular flexibility index (Phi) is 4.84. The lowest BCUT2D eigenvalue weighted by molar-refractivity contribution is -0.135. The first-order valence-corrected chi connectivity index (χ1v) is 6.93. The summed E-state index contributed by atoms with van der Waals surface area (Å²) in [5.74, 6) is 0.851. The Bertz CT molecular complexity index is 470. The van der Waals surface area contributed by atoms with Crippen LogP contribution in [0.4, 0.5) is 0 Å². The fourth-order valence-electron chi connectivity index (χ4n) is 2.57. The number of aromatic hydroxyl groups is 1. The van der Waals surface area contributed by atoms with E-state index in [1.807, 2.05) is 13.1 Å². The number of nitrogens with one attached hydrogen (secondary N) is 1. The summed E-state index contributed by atoms with van der Waals surface area (Å²) in [5.41, 5.74) is 0.896. The van der Waals surface area contributed by atoms with Crippen LogP contribution in [0.5, 0.6) is 11.5 Å². The topological polar surface area (TPSA) is 61.8 Å². The van der Waals surface area contributed by atoms with Gasteiger partial charge in [-0.25, -0.2) is 0 Å². The molecule has 5 heteroatoms. The lowest BCUT2D eigenvalue weighted by Gasteiger charge is -2.27. The molecule has 0 unspecified atom stereocenters. The van der Waals surface area contributed by atoms with Crippen molar-refractivity contribution >= 4 is 5.91 Å². The molecular weight excluding hydrogens is 256 g/mol. The lowest BCUT2D eigenvalue weighted by atomic mass is 9.96. The van der Waals surface area contributed by atoms with Gasteiger partial charge in [0.1, 0.15) is 0 Å². The lowest BCUT2D eigenvalue weighted by Crippen LogP contribution is -2.38. The summed E-state index contributed by atoms with van der Waals surface area (Å²) in [4.78, 5) is 14.1. The molecule has 0 atom stereocenters. The Morgan fingerprint density at radius 1 is 1.45 bits per heavy atom. The van der Waals surface area contributed by atoms with E-state index in [1.54, 1.807) is 17.0 Å². The molecule has 2 N–H and O–H groups in total. The van der Waals surface area contributed by atoms with Gasteiger partial charge in [0.25, 0.3) is 0 Å². The van der Waals surface area contributed by atoms with Crippen LogP contribution in [0.15, 0.2) is 18.2 Å². The van der Waals surface area contributed by atoms with E-state index >= 15 is 0 Å². The molecule has 0 radical (unpaired) electrons. The van der Waals surface area contributed by atoms with Gasteiger partial charge < -0.3 is 20.1 Å². The van der Waals surface area contributed by atoms with Crippen molar-refractivity contribution in [3.05, 3.63) is 23.8 Å². The molecule has 1 aromatic rings. The number of piperidine rings is 1. The van der Waals surface area contributed by atoms with E-state index in [2.05, 4.69) is 5.32 Å². The second-order valence-electron chi connectivity index (χ2n) is 5.22. The fraction of sp³-hybridized carbons (Fsp3) is 0.533. The molecular formula is C15H22N2O3. The van der Waals surface area contributed by atoms with Gasteiger partial charge in [0.05, 0.1) is 7.11 Å². The molecule has 0 spiro atoms. The Labute approximate surface area is 119 Å². The molecule has 1 amide bonds. The zero-order chi connectivity index (χ0) is 14.5. The maximum Gasteiger partial charge on any atom is 0.225 e. The standard InChI is InChI=1S/C15H22N2O3/c1-17(15(19)12-5-7-16-8-6-12)10-11-3-4-14(20-2)13(18)9-11/h3-4,9,12,16,18H,5-8,10H2,1-2H3. The van der Waals surface area contributed by atoms with Crippen molar-refractivity contribution in [3.63, 3.8) is 0 Å². The third kappa shape index (κ3) is 3.42. The van der Waals surface area contributed by atoms with Crippen molar-refractivity contribution < 1.29 is 14.6 Å². The summed E-state index contributed by atoms with van der Waals surface area (Å²) in [7, 11) is 3.33. The number of amides is 1. The summed E-state index contributed by atoms with van der Waals surface area (Å²) in [5, 5.41) is 13.0. The van der Waals surface area contributed by atoms with Gasteiger partial charge in [-0.3, -0.25) is 4.79 Å². The van der Waals surface area contributed by atoms with E-state index < -0.39 is 0 Å². The maximum atomic E-state index is 12.3. The van der Waals surface area contributed by atoms with Gasteiger partial charge in [-0.2, -0.15) is 0 Å². The highest BCUT2D eigenvalue weighted by Crippen LogP contribution is 2.27. The molecule has 1 aliphatic heterocycles.